The van der Waals surface area contributed by atoms with Crippen molar-refractivity contribution in [2.45, 2.75) is 119 Å². The van der Waals surface area contributed by atoms with Crippen molar-refractivity contribution in [1.82, 2.24) is 4.90 Å². The van der Waals surface area contributed by atoms with Gasteiger partial charge in [-0.15, -0.1) is 0 Å². The number of esters is 1. The second-order valence-electron chi connectivity index (χ2n) is 16.7. The fourth-order valence-electron chi connectivity index (χ4n) is 12.7. The van der Waals surface area contributed by atoms with Crippen LogP contribution in [-0.4, -0.2) is 42.9 Å². The summed E-state index contributed by atoms with van der Waals surface area (Å²) >= 11 is 0. The van der Waals surface area contributed by atoms with Crippen LogP contribution in [0.2, 0.25) is 0 Å². The first-order valence-electron chi connectivity index (χ1n) is 16.9. The van der Waals surface area contributed by atoms with Crippen LogP contribution in [0.4, 0.5) is 0 Å². The van der Waals surface area contributed by atoms with Crippen LogP contribution in [0.5, 0.6) is 0 Å². The van der Waals surface area contributed by atoms with Crippen molar-refractivity contribution in [1.29, 1.82) is 0 Å². The zero-order valence-electron chi connectivity index (χ0n) is 26.6. The quantitative estimate of drug-likeness (QED) is 0.258. The Morgan fingerprint density at radius 2 is 1.62 bits per heavy atom. The van der Waals surface area contributed by atoms with E-state index in [0.29, 0.717) is 42.0 Å². The molecule has 1 aliphatic heterocycles. The maximum absolute atomic E-state index is 14.1. The second-order valence-corrected chi connectivity index (χ2v) is 16.7. The zero-order chi connectivity index (χ0) is 28.7. The summed E-state index contributed by atoms with van der Waals surface area (Å²) < 4.78 is 6.20. The largest absolute Gasteiger partial charge is 0.464 e. The number of likely N-dealkylation sites (tertiary alicyclic amines) is 1. The number of fused-ring (bicyclic) bond motifs is 7. The second kappa shape index (κ2) is 9.68. The highest BCUT2D eigenvalue weighted by molar-refractivity contribution is 5.85. The van der Waals surface area contributed by atoms with Gasteiger partial charge in [0.15, 0.2) is 0 Å². The molecule has 0 aromatic carbocycles. The molecule has 0 radical (unpaired) electrons. The van der Waals surface area contributed by atoms with Gasteiger partial charge in [-0.25, -0.2) is 0 Å². The summed E-state index contributed by atoms with van der Waals surface area (Å²) in [5.74, 6) is 3.05. The van der Waals surface area contributed by atoms with E-state index >= 15 is 0 Å². The van der Waals surface area contributed by atoms with E-state index in [0.717, 1.165) is 58.2 Å². The molecule has 0 N–H and O–H groups in total. The molecule has 0 amide bonds. The van der Waals surface area contributed by atoms with E-state index in [1.165, 1.54) is 44.1 Å². The van der Waals surface area contributed by atoms with Crippen LogP contribution in [0.3, 0.4) is 0 Å². The molecule has 224 valence electrons. The van der Waals surface area contributed by atoms with E-state index in [2.05, 4.69) is 53.0 Å². The SMILES string of the molecule is C=C(C)[C@@H]1CC[C@]2(C(=O)OCCN3CCCC3)CC[C@]3(C)[C@H](CC[C@@H]4[C@@]5(C)CCC(=O)C(C)(C)[C@@H]5CC[C@]43C)[C@@H]12. The van der Waals surface area contributed by atoms with Crippen molar-refractivity contribution in [2.24, 2.45) is 56.7 Å². The lowest BCUT2D eigenvalue weighted by Gasteiger charge is -2.72. The highest BCUT2D eigenvalue weighted by Crippen LogP contribution is 2.77. The van der Waals surface area contributed by atoms with Gasteiger partial charge in [0.1, 0.15) is 12.4 Å². The van der Waals surface area contributed by atoms with Gasteiger partial charge in [-0.05, 0) is 136 Å². The number of rotatable bonds is 5. The van der Waals surface area contributed by atoms with E-state index in [4.69, 9.17) is 4.74 Å². The number of nitrogens with zero attached hydrogens (tertiary/aromatic N) is 1. The molecule has 1 heterocycles. The number of allylic oxidation sites excluding steroid dienone is 1. The van der Waals surface area contributed by atoms with Gasteiger partial charge in [0, 0.05) is 18.4 Å². The predicted molar refractivity (Wildman–Crippen MR) is 161 cm³/mol. The molecule has 1 saturated heterocycles. The summed E-state index contributed by atoms with van der Waals surface area (Å²) in [7, 11) is 0. The molecule has 0 aromatic rings. The number of hydrogen-bond acceptors (Lipinski definition) is 4. The first-order valence-corrected chi connectivity index (χ1v) is 16.9. The summed E-state index contributed by atoms with van der Waals surface area (Å²) in [5, 5.41) is 0. The molecular formula is C36H57NO3. The summed E-state index contributed by atoms with van der Waals surface area (Å²) in [5.41, 5.74) is 1.41. The van der Waals surface area contributed by atoms with E-state index < -0.39 is 0 Å². The Kier molecular flexibility index (Phi) is 7.00. The number of Topliss-reactive ketones (excluding diaryl/α,β-unsaturated/α-hetero) is 1. The average molecular weight is 552 g/mol. The third kappa shape index (κ3) is 3.85. The highest BCUT2D eigenvalue weighted by Gasteiger charge is 2.72. The molecule has 6 aliphatic rings. The maximum Gasteiger partial charge on any atom is 0.312 e. The molecule has 5 saturated carbocycles. The Labute approximate surface area is 244 Å². The molecule has 6 fully saturated rings. The Morgan fingerprint density at radius 1 is 0.900 bits per heavy atom. The van der Waals surface area contributed by atoms with Gasteiger partial charge in [0.25, 0.3) is 0 Å². The Hall–Kier alpha value is -1.16. The molecule has 40 heavy (non-hydrogen) atoms. The number of hydrogen-bond donors (Lipinski definition) is 0. The van der Waals surface area contributed by atoms with E-state index in [-0.39, 0.29) is 33.0 Å². The van der Waals surface area contributed by atoms with E-state index in [1.54, 1.807) is 0 Å². The first-order chi connectivity index (χ1) is 18.8. The maximum atomic E-state index is 14.1. The summed E-state index contributed by atoms with van der Waals surface area (Å²) in [6, 6.07) is 0. The van der Waals surface area contributed by atoms with E-state index in [9.17, 15) is 9.59 Å². The normalized spacial score (nSPS) is 48.0. The standard InChI is InChI=1S/C36H57NO3/c1-24(2)25-12-17-36(31(39)40-23-22-37-20-8-9-21-37)19-18-34(6)26(30(25)36)10-11-28-33(5)15-14-29(38)32(3,4)27(33)13-16-35(28,34)7/h25-28,30H,1,8-23H2,2-7H3/t25-,26+,27-,28+,30+,33-,34+,35+,36-/m0/s1. The molecule has 9 atom stereocenters. The molecular weight excluding hydrogens is 494 g/mol. The third-order valence-corrected chi connectivity index (χ3v) is 15.1. The van der Waals surface area contributed by atoms with Gasteiger partial charge in [-0.1, -0.05) is 46.8 Å². The Morgan fingerprint density at radius 3 is 2.33 bits per heavy atom. The fourth-order valence-corrected chi connectivity index (χ4v) is 12.7. The molecule has 0 bridgehead atoms. The van der Waals surface area contributed by atoms with Crippen molar-refractivity contribution in [2.75, 3.05) is 26.2 Å². The predicted octanol–water partition coefficient (Wildman–Crippen LogP) is 7.85. The number of carbonyl (C=O) groups excluding carboxylic acids is 2. The van der Waals surface area contributed by atoms with Gasteiger partial charge in [-0.2, -0.15) is 0 Å². The number of ether oxygens (including phenoxy) is 1. The highest BCUT2D eigenvalue weighted by atomic mass is 16.5. The van der Waals surface area contributed by atoms with Gasteiger partial charge < -0.3 is 4.74 Å². The molecule has 4 heteroatoms. The number of carbonyl (C=O) groups is 2. The van der Waals surface area contributed by atoms with Crippen LogP contribution in [-0.2, 0) is 14.3 Å². The van der Waals surface area contributed by atoms with Crippen molar-refractivity contribution >= 4 is 11.8 Å². The van der Waals surface area contributed by atoms with Crippen LogP contribution in [0.1, 0.15) is 119 Å². The molecule has 4 nitrogen and oxygen atoms in total. The molecule has 6 rings (SSSR count). The molecule has 0 spiro atoms. The number of ketones is 1. The van der Waals surface area contributed by atoms with Crippen LogP contribution >= 0.6 is 0 Å². The van der Waals surface area contributed by atoms with Crippen LogP contribution in [0.15, 0.2) is 12.2 Å². The van der Waals surface area contributed by atoms with Gasteiger partial charge in [-0.3, -0.25) is 14.5 Å². The molecule has 5 aliphatic carbocycles. The third-order valence-electron chi connectivity index (χ3n) is 15.1. The average Bonchev–Trinajstić information content (AvgIpc) is 3.56. The first kappa shape index (κ1) is 28.9. The minimum atomic E-state index is -0.331. The molecule has 0 unspecified atom stereocenters. The summed E-state index contributed by atoms with van der Waals surface area (Å²) in [4.78, 5) is 29.6. The van der Waals surface area contributed by atoms with Crippen molar-refractivity contribution in [3.05, 3.63) is 12.2 Å². The molecule has 0 aromatic heterocycles. The lowest BCUT2D eigenvalue weighted by Crippen LogP contribution is -2.66. The van der Waals surface area contributed by atoms with Crippen LogP contribution in [0, 0.1) is 56.7 Å². The zero-order valence-corrected chi connectivity index (χ0v) is 26.6. The van der Waals surface area contributed by atoms with Gasteiger partial charge >= 0.3 is 5.97 Å². The lowest BCUT2D eigenvalue weighted by molar-refractivity contribution is -0.236. The van der Waals surface area contributed by atoms with Crippen molar-refractivity contribution < 1.29 is 14.3 Å². The summed E-state index contributed by atoms with van der Waals surface area (Å²) in [6.07, 6.45) is 13.4. The minimum Gasteiger partial charge on any atom is -0.464 e. The Bertz CT molecular complexity index is 1060. The van der Waals surface area contributed by atoms with Gasteiger partial charge in [0.2, 0.25) is 0 Å². The Balaban J connectivity index is 1.30. The van der Waals surface area contributed by atoms with Crippen molar-refractivity contribution in [3.8, 4) is 0 Å². The van der Waals surface area contributed by atoms with Crippen LogP contribution in [0.25, 0.3) is 0 Å². The lowest BCUT2D eigenvalue weighted by atomic mass is 9.32. The smallest absolute Gasteiger partial charge is 0.312 e. The fraction of sp³-hybridized carbons (Fsp3) is 0.889. The van der Waals surface area contributed by atoms with Crippen LogP contribution < -0.4 is 0 Å². The van der Waals surface area contributed by atoms with Gasteiger partial charge in [0.05, 0.1) is 5.41 Å². The minimum absolute atomic E-state index is 0.109. The monoisotopic (exact) mass is 551 g/mol. The topological polar surface area (TPSA) is 46.6 Å². The summed E-state index contributed by atoms with van der Waals surface area (Å²) in [6.45, 7) is 22.7. The van der Waals surface area contributed by atoms with Crippen molar-refractivity contribution in [3.63, 3.8) is 0 Å². The van der Waals surface area contributed by atoms with E-state index in [1.807, 2.05) is 0 Å².